The number of aryl methyl sites for hydroxylation is 1. The second kappa shape index (κ2) is 5.32. The van der Waals surface area contributed by atoms with Crippen LogP contribution < -0.4 is 10.2 Å². The number of nitrogens with zero attached hydrogens (tertiary/aromatic N) is 1. The highest BCUT2D eigenvalue weighted by Gasteiger charge is 2.26. The molecule has 1 aromatic rings. The maximum atomic E-state index is 11.9. The minimum absolute atomic E-state index is 0.243. The van der Waals surface area contributed by atoms with Crippen LogP contribution in [0.1, 0.15) is 27.9 Å². The van der Waals surface area contributed by atoms with Gasteiger partial charge in [-0.2, -0.15) is 0 Å². The zero-order chi connectivity index (χ0) is 14.9. The van der Waals surface area contributed by atoms with Gasteiger partial charge in [0, 0.05) is 18.7 Å². The number of ether oxygens (including phenoxy) is 1. The van der Waals surface area contributed by atoms with Gasteiger partial charge in [-0.3, -0.25) is 15.0 Å². The standard InChI is InChI=1S/C14H16N2O4/c1-8-6-10(13(18)20-3)7-11(9(8)2)16-5-4-12(17)15-14(16)19/h6-7H,4-5H2,1-3H3,(H,15,17,19). The summed E-state index contributed by atoms with van der Waals surface area (Å²) in [5, 5.41) is 2.27. The number of esters is 1. The molecule has 1 aliphatic rings. The maximum absolute atomic E-state index is 11.9. The molecule has 1 aromatic carbocycles. The van der Waals surface area contributed by atoms with Crippen LogP contribution in [0.15, 0.2) is 12.1 Å². The second-order valence-corrected chi connectivity index (χ2v) is 4.68. The Morgan fingerprint density at radius 2 is 2.00 bits per heavy atom. The number of rotatable bonds is 2. The topological polar surface area (TPSA) is 75.7 Å². The summed E-state index contributed by atoms with van der Waals surface area (Å²) in [5.41, 5.74) is 2.78. The van der Waals surface area contributed by atoms with Gasteiger partial charge in [-0.15, -0.1) is 0 Å². The number of benzene rings is 1. The van der Waals surface area contributed by atoms with Gasteiger partial charge in [0.05, 0.1) is 12.7 Å². The normalized spacial score (nSPS) is 15.1. The van der Waals surface area contributed by atoms with Crippen LogP contribution >= 0.6 is 0 Å². The maximum Gasteiger partial charge on any atom is 0.337 e. The molecule has 0 saturated carbocycles. The van der Waals surface area contributed by atoms with Crippen molar-refractivity contribution >= 4 is 23.6 Å². The average molecular weight is 276 g/mol. The number of anilines is 1. The molecule has 1 aliphatic heterocycles. The van der Waals surface area contributed by atoms with Crippen molar-refractivity contribution in [3.05, 3.63) is 28.8 Å². The Hall–Kier alpha value is -2.37. The zero-order valence-corrected chi connectivity index (χ0v) is 11.6. The van der Waals surface area contributed by atoms with Crippen LogP contribution in [-0.2, 0) is 9.53 Å². The number of imide groups is 1. The quantitative estimate of drug-likeness (QED) is 0.831. The predicted molar refractivity (Wildman–Crippen MR) is 72.8 cm³/mol. The molecule has 0 spiro atoms. The molecular formula is C14H16N2O4. The van der Waals surface area contributed by atoms with E-state index in [1.165, 1.54) is 12.0 Å². The van der Waals surface area contributed by atoms with Gasteiger partial charge < -0.3 is 4.74 Å². The van der Waals surface area contributed by atoms with E-state index in [1.807, 2.05) is 13.8 Å². The molecule has 0 aromatic heterocycles. The summed E-state index contributed by atoms with van der Waals surface area (Å²) in [4.78, 5) is 36.2. The molecular weight excluding hydrogens is 260 g/mol. The highest BCUT2D eigenvalue weighted by atomic mass is 16.5. The third-order valence-electron chi connectivity index (χ3n) is 3.41. The van der Waals surface area contributed by atoms with E-state index in [0.29, 0.717) is 17.8 Å². The van der Waals surface area contributed by atoms with Gasteiger partial charge in [0.1, 0.15) is 0 Å². The highest BCUT2D eigenvalue weighted by Crippen LogP contribution is 2.27. The van der Waals surface area contributed by atoms with E-state index < -0.39 is 12.0 Å². The van der Waals surface area contributed by atoms with E-state index >= 15 is 0 Å². The molecule has 1 N–H and O–H groups in total. The molecule has 3 amide bonds. The molecule has 106 valence electrons. The lowest BCUT2D eigenvalue weighted by molar-refractivity contribution is -0.120. The predicted octanol–water partition coefficient (Wildman–Crippen LogP) is 1.54. The summed E-state index contributed by atoms with van der Waals surface area (Å²) in [6.07, 6.45) is 0.243. The van der Waals surface area contributed by atoms with Gasteiger partial charge in [0.2, 0.25) is 5.91 Å². The Morgan fingerprint density at radius 1 is 1.30 bits per heavy atom. The summed E-state index contributed by atoms with van der Waals surface area (Å²) >= 11 is 0. The van der Waals surface area contributed by atoms with Crippen LogP contribution in [0.4, 0.5) is 10.5 Å². The van der Waals surface area contributed by atoms with Gasteiger partial charge in [-0.1, -0.05) is 0 Å². The van der Waals surface area contributed by atoms with E-state index in [-0.39, 0.29) is 12.3 Å². The number of nitrogens with one attached hydrogen (secondary N) is 1. The van der Waals surface area contributed by atoms with Crippen LogP contribution in [0, 0.1) is 13.8 Å². The van der Waals surface area contributed by atoms with Crippen molar-refractivity contribution in [1.29, 1.82) is 0 Å². The smallest absolute Gasteiger partial charge is 0.337 e. The van der Waals surface area contributed by atoms with Gasteiger partial charge in [0.25, 0.3) is 0 Å². The summed E-state index contributed by atoms with van der Waals surface area (Å²) in [6.45, 7) is 4.03. The zero-order valence-electron chi connectivity index (χ0n) is 11.6. The largest absolute Gasteiger partial charge is 0.465 e. The Balaban J connectivity index is 2.45. The van der Waals surface area contributed by atoms with Crippen molar-refractivity contribution in [3.63, 3.8) is 0 Å². The number of hydrogen-bond donors (Lipinski definition) is 1. The highest BCUT2D eigenvalue weighted by molar-refractivity contribution is 6.06. The van der Waals surface area contributed by atoms with Gasteiger partial charge in [-0.05, 0) is 37.1 Å². The molecule has 6 nitrogen and oxygen atoms in total. The minimum Gasteiger partial charge on any atom is -0.465 e. The van der Waals surface area contributed by atoms with E-state index in [9.17, 15) is 14.4 Å². The Labute approximate surface area is 116 Å². The summed E-state index contributed by atoms with van der Waals surface area (Å²) < 4.78 is 4.71. The molecule has 1 heterocycles. The van der Waals surface area contributed by atoms with Crippen molar-refractivity contribution in [2.75, 3.05) is 18.6 Å². The first-order valence-electron chi connectivity index (χ1n) is 6.25. The first kappa shape index (κ1) is 14.0. The van der Waals surface area contributed by atoms with Crippen molar-refractivity contribution in [3.8, 4) is 0 Å². The van der Waals surface area contributed by atoms with E-state index in [1.54, 1.807) is 12.1 Å². The number of amides is 3. The molecule has 0 bridgehead atoms. The van der Waals surface area contributed by atoms with Crippen molar-refractivity contribution in [1.82, 2.24) is 5.32 Å². The molecule has 1 saturated heterocycles. The molecule has 6 heteroatoms. The molecule has 20 heavy (non-hydrogen) atoms. The SMILES string of the molecule is COC(=O)c1cc(C)c(C)c(N2CCC(=O)NC2=O)c1. The van der Waals surface area contributed by atoms with Crippen molar-refractivity contribution in [2.24, 2.45) is 0 Å². The van der Waals surface area contributed by atoms with Gasteiger partial charge in [0.15, 0.2) is 0 Å². The Morgan fingerprint density at radius 3 is 2.60 bits per heavy atom. The van der Waals surface area contributed by atoms with E-state index in [0.717, 1.165) is 11.1 Å². The van der Waals surface area contributed by atoms with Crippen LogP contribution in [0.3, 0.4) is 0 Å². The number of carbonyl (C=O) groups excluding carboxylic acids is 3. The van der Waals surface area contributed by atoms with Crippen LogP contribution in [0.5, 0.6) is 0 Å². The summed E-state index contributed by atoms with van der Waals surface area (Å²) in [7, 11) is 1.31. The first-order valence-corrected chi connectivity index (χ1v) is 6.25. The molecule has 2 rings (SSSR count). The number of methoxy groups -OCH3 is 1. The van der Waals surface area contributed by atoms with Gasteiger partial charge >= 0.3 is 12.0 Å². The third-order valence-corrected chi connectivity index (χ3v) is 3.41. The van der Waals surface area contributed by atoms with Crippen molar-refractivity contribution < 1.29 is 19.1 Å². The number of hydrogen-bond acceptors (Lipinski definition) is 4. The Kier molecular flexibility index (Phi) is 3.74. The third kappa shape index (κ3) is 2.49. The fourth-order valence-electron chi connectivity index (χ4n) is 2.15. The average Bonchev–Trinajstić information content (AvgIpc) is 2.41. The molecule has 0 unspecified atom stereocenters. The van der Waals surface area contributed by atoms with Crippen LogP contribution in [0.2, 0.25) is 0 Å². The second-order valence-electron chi connectivity index (χ2n) is 4.68. The van der Waals surface area contributed by atoms with Crippen LogP contribution in [-0.4, -0.2) is 31.6 Å². The lowest BCUT2D eigenvalue weighted by atomic mass is 10.0. The summed E-state index contributed by atoms with van der Waals surface area (Å²) in [6, 6.07) is 2.87. The van der Waals surface area contributed by atoms with E-state index in [4.69, 9.17) is 4.74 Å². The van der Waals surface area contributed by atoms with Crippen molar-refractivity contribution in [2.45, 2.75) is 20.3 Å². The minimum atomic E-state index is -0.467. The lowest BCUT2D eigenvalue weighted by Crippen LogP contribution is -2.49. The van der Waals surface area contributed by atoms with Crippen LogP contribution in [0.25, 0.3) is 0 Å². The van der Waals surface area contributed by atoms with E-state index in [2.05, 4.69) is 5.32 Å². The molecule has 0 aliphatic carbocycles. The molecule has 1 fully saturated rings. The first-order chi connectivity index (χ1) is 9.43. The lowest BCUT2D eigenvalue weighted by Gasteiger charge is -2.28. The molecule has 0 radical (unpaired) electrons. The number of urea groups is 1. The summed E-state index contributed by atoms with van der Waals surface area (Å²) in [5.74, 6) is -0.743. The fraction of sp³-hybridized carbons (Fsp3) is 0.357. The Bertz CT molecular complexity index is 595. The fourth-order valence-corrected chi connectivity index (χ4v) is 2.15. The monoisotopic (exact) mass is 276 g/mol. The number of carbonyl (C=O) groups is 3. The molecule has 0 atom stereocenters. The van der Waals surface area contributed by atoms with Gasteiger partial charge in [-0.25, -0.2) is 9.59 Å².